The van der Waals surface area contributed by atoms with Gasteiger partial charge in [-0.1, -0.05) is 11.6 Å². The summed E-state index contributed by atoms with van der Waals surface area (Å²) in [6.07, 6.45) is 2.31. The lowest BCUT2D eigenvalue weighted by atomic mass is 10.2. The van der Waals surface area contributed by atoms with Crippen LogP contribution in [0.15, 0.2) is 0 Å². The fraction of sp³-hybridized carbons (Fsp3) is 0.700. The fourth-order valence-electron chi connectivity index (χ4n) is 1.45. The molecule has 1 atom stereocenters. The van der Waals surface area contributed by atoms with E-state index in [1.54, 1.807) is 6.92 Å². The second kappa shape index (κ2) is 8.01. The van der Waals surface area contributed by atoms with Crippen LogP contribution in [0, 0.1) is 0 Å². The second-order valence-electron chi connectivity index (χ2n) is 4.10. The van der Waals surface area contributed by atoms with Gasteiger partial charge in [-0.3, -0.25) is 4.79 Å². The average molecular weight is 270 g/mol. The summed E-state index contributed by atoms with van der Waals surface area (Å²) in [5.74, 6) is -0.378. The molecule has 1 aromatic heterocycles. The van der Waals surface area contributed by atoms with Crippen molar-refractivity contribution in [1.29, 1.82) is 0 Å². The standard InChI is InChI=1S/C10H18N6O3/c1-7(9-13-15-16-14-9)12-10(19)11-6-4-2-3-5-8(17)18/h7H,2-6H2,1H3,(H,17,18)(H2,11,12,19)(H,13,14,15,16). The number of hydrogen-bond donors (Lipinski definition) is 4. The van der Waals surface area contributed by atoms with Crippen molar-refractivity contribution in [3.63, 3.8) is 0 Å². The number of hydrogen-bond acceptors (Lipinski definition) is 5. The van der Waals surface area contributed by atoms with E-state index in [4.69, 9.17) is 5.11 Å². The van der Waals surface area contributed by atoms with E-state index in [1.165, 1.54) is 0 Å². The minimum atomic E-state index is -0.792. The Hall–Kier alpha value is -2.19. The topological polar surface area (TPSA) is 133 Å². The van der Waals surface area contributed by atoms with E-state index in [2.05, 4.69) is 31.3 Å². The molecule has 1 aromatic rings. The number of nitrogens with zero attached hydrogens (tertiary/aromatic N) is 3. The summed E-state index contributed by atoms with van der Waals surface area (Å²) in [5, 5.41) is 27.0. The summed E-state index contributed by atoms with van der Waals surface area (Å²) in [6, 6.07) is -0.638. The van der Waals surface area contributed by atoms with E-state index in [0.29, 0.717) is 18.8 Å². The number of aliphatic carboxylic acids is 1. The van der Waals surface area contributed by atoms with Crippen molar-refractivity contribution in [3.8, 4) is 0 Å². The first-order valence-corrected chi connectivity index (χ1v) is 6.09. The van der Waals surface area contributed by atoms with E-state index in [-0.39, 0.29) is 18.5 Å². The quantitative estimate of drug-likeness (QED) is 0.499. The first kappa shape index (κ1) is 14.9. The zero-order valence-electron chi connectivity index (χ0n) is 10.7. The molecule has 0 bridgehead atoms. The number of rotatable bonds is 8. The number of H-pyrrole nitrogens is 1. The lowest BCUT2D eigenvalue weighted by Gasteiger charge is -2.11. The van der Waals surface area contributed by atoms with Crippen LogP contribution in [-0.2, 0) is 4.79 Å². The minimum absolute atomic E-state index is 0.168. The van der Waals surface area contributed by atoms with Crippen molar-refractivity contribution in [1.82, 2.24) is 31.3 Å². The molecule has 0 saturated heterocycles. The molecule has 1 unspecified atom stereocenters. The molecule has 9 heteroatoms. The number of carboxylic acid groups (broad SMARTS) is 1. The van der Waals surface area contributed by atoms with Crippen molar-refractivity contribution < 1.29 is 14.7 Å². The van der Waals surface area contributed by atoms with Crippen molar-refractivity contribution in [2.24, 2.45) is 0 Å². The van der Waals surface area contributed by atoms with Gasteiger partial charge in [-0.05, 0) is 19.8 Å². The number of aromatic nitrogens is 4. The van der Waals surface area contributed by atoms with E-state index < -0.39 is 5.97 Å². The Labute approximate surface area is 110 Å². The Balaban J connectivity index is 2.06. The molecular weight excluding hydrogens is 252 g/mol. The molecular formula is C10H18N6O3. The summed E-state index contributed by atoms with van der Waals surface area (Å²) in [4.78, 5) is 21.8. The summed E-state index contributed by atoms with van der Waals surface area (Å²) >= 11 is 0. The lowest BCUT2D eigenvalue weighted by molar-refractivity contribution is -0.137. The van der Waals surface area contributed by atoms with Crippen LogP contribution < -0.4 is 10.6 Å². The van der Waals surface area contributed by atoms with Crippen LogP contribution in [0.4, 0.5) is 4.79 Å². The summed E-state index contributed by atoms with van der Waals surface area (Å²) in [6.45, 7) is 2.25. The third-order valence-electron chi connectivity index (χ3n) is 2.45. The maximum absolute atomic E-state index is 11.5. The number of nitrogens with one attached hydrogen (secondary N) is 3. The number of carbonyl (C=O) groups excluding carboxylic acids is 1. The van der Waals surface area contributed by atoms with Crippen LogP contribution in [0.1, 0.15) is 44.5 Å². The maximum atomic E-state index is 11.5. The van der Waals surface area contributed by atoms with Crippen LogP contribution in [0.25, 0.3) is 0 Å². The molecule has 0 fully saturated rings. The van der Waals surface area contributed by atoms with Gasteiger partial charge < -0.3 is 15.7 Å². The molecule has 2 amide bonds. The van der Waals surface area contributed by atoms with Crippen LogP contribution in [0.5, 0.6) is 0 Å². The number of urea groups is 1. The lowest BCUT2D eigenvalue weighted by Crippen LogP contribution is -2.37. The summed E-state index contributed by atoms with van der Waals surface area (Å²) in [7, 11) is 0. The van der Waals surface area contributed by atoms with Crippen molar-refractivity contribution in [2.45, 2.75) is 38.6 Å². The SMILES string of the molecule is CC(NC(=O)NCCCCCC(=O)O)c1nn[nH]n1. The first-order valence-electron chi connectivity index (χ1n) is 6.09. The van der Waals surface area contributed by atoms with E-state index >= 15 is 0 Å². The van der Waals surface area contributed by atoms with Crippen molar-refractivity contribution in [2.75, 3.05) is 6.54 Å². The average Bonchev–Trinajstić information content (AvgIpc) is 2.87. The van der Waals surface area contributed by atoms with Gasteiger partial charge >= 0.3 is 12.0 Å². The normalized spacial score (nSPS) is 11.8. The smallest absolute Gasteiger partial charge is 0.315 e. The van der Waals surface area contributed by atoms with Gasteiger partial charge in [-0.2, -0.15) is 5.21 Å². The predicted octanol–water partition coefficient (Wildman–Crippen LogP) is 0.205. The maximum Gasteiger partial charge on any atom is 0.315 e. The summed E-state index contributed by atoms with van der Waals surface area (Å²) < 4.78 is 0. The second-order valence-corrected chi connectivity index (χ2v) is 4.10. The van der Waals surface area contributed by atoms with Gasteiger partial charge in [0.1, 0.15) is 0 Å². The molecule has 0 spiro atoms. The molecule has 19 heavy (non-hydrogen) atoms. The molecule has 4 N–H and O–H groups in total. The van der Waals surface area contributed by atoms with Gasteiger partial charge in [0, 0.05) is 13.0 Å². The number of carbonyl (C=O) groups is 2. The Kier molecular flexibility index (Phi) is 6.27. The van der Waals surface area contributed by atoms with Crippen molar-refractivity contribution in [3.05, 3.63) is 5.82 Å². The molecule has 0 aromatic carbocycles. The van der Waals surface area contributed by atoms with Gasteiger partial charge in [-0.15, -0.1) is 10.2 Å². The highest BCUT2D eigenvalue weighted by Crippen LogP contribution is 2.02. The van der Waals surface area contributed by atoms with Crippen LogP contribution in [-0.4, -0.2) is 44.3 Å². The van der Waals surface area contributed by atoms with Crippen LogP contribution in [0.3, 0.4) is 0 Å². The number of tetrazole rings is 1. The Morgan fingerprint density at radius 2 is 2.16 bits per heavy atom. The molecule has 1 heterocycles. The third-order valence-corrected chi connectivity index (χ3v) is 2.45. The van der Waals surface area contributed by atoms with Gasteiger partial charge in [-0.25, -0.2) is 4.79 Å². The molecule has 0 radical (unpaired) electrons. The zero-order chi connectivity index (χ0) is 14.1. The monoisotopic (exact) mass is 270 g/mol. The Morgan fingerprint density at radius 1 is 1.37 bits per heavy atom. The predicted molar refractivity (Wildman–Crippen MR) is 65.2 cm³/mol. The number of carboxylic acids is 1. The van der Waals surface area contributed by atoms with Crippen LogP contribution in [0.2, 0.25) is 0 Å². The van der Waals surface area contributed by atoms with E-state index in [1.807, 2.05) is 0 Å². The Bertz CT molecular complexity index is 394. The molecule has 106 valence electrons. The van der Waals surface area contributed by atoms with E-state index in [9.17, 15) is 9.59 Å². The number of aromatic amines is 1. The van der Waals surface area contributed by atoms with E-state index in [0.717, 1.165) is 12.8 Å². The van der Waals surface area contributed by atoms with Crippen molar-refractivity contribution >= 4 is 12.0 Å². The minimum Gasteiger partial charge on any atom is -0.481 e. The van der Waals surface area contributed by atoms with Gasteiger partial charge in [0.15, 0.2) is 5.82 Å². The Morgan fingerprint density at radius 3 is 2.79 bits per heavy atom. The molecule has 1 rings (SSSR count). The highest BCUT2D eigenvalue weighted by atomic mass is 16.4. The molecule has 9 nitrogen and oxygen atoms in total. The third kappa shape index (κ3) is 6.34. The highest BCUT2D eigenvalue weighted by molar-refractivity contribution is 5.74. The molecule has 0 saturated carbocycles. The largest absolute Gasteiger partial charge is 0.481 e. The first-order chi connectivity index (χ1) is 9.09. The molecule has 0 aliphatic carbocycles. The van der Waals surface area contributed by atoms with Crippen LogP contribution >= 0.6 is 0 Å². The summed E-state index contributed by atoms with van der Waals surface area (Å²) in [5.41, 5.74) is 0. The van der Waals surface area contributed by atoms with Gasteiger partial charge in [0.2, 0.25) is 0 Å². The fourth-order valence-corrected chi connectivity index (χ4v) is 1.45. The number of unbranched alkanes of at least 4 members (excludes halogenated alkanes) is 2. The molecule has 0 aliphatic rings. The number of amides is 2. The van der Waals surface area contributed by atoms with Gasteiger partial charge in [0.05, 0.1) is 6.04 Å². The highest BCUT2D eigenvalue weighted by Gasteiger charge is 2.12. The van der Waals surface area contributed by atoms with Gasteiger partial charge in [0.25, 0.3) is 0 Å². The zero-order valence-corrected chi connectivity index (χ0v) is 10.7. The molecule has 0 aliphatic heterocycles.